The molecular weight excluding hydrogens is 262 g/mol. The Hall–Kier alpha value is -2.17. The van der Waals surface area contributed by atoms with Crippen LogP contribution in [-0.4, -0.2) is 21.5 Å². The number of rotatable bonds is 4. The van der Waals surface area contributed by atoms with E-state index in [1.807, 2.05) is 19.2 Å². The average molecular weight is 285 g/mol. The number of nitrogens with two attached hydrogens (primary N) is 1. The van der Waals surface area contributed by atoms with Crippen molar-refractivity contribution < 1.29 is 0 Å². The van der Waals surface area contributed by atoms with Gasteiger partial charge in [0.25, 0.3) is 0 Å². The summed E-state index contributed by atoms with van der Waals surface area (Å²) in [5, 5.41) is 3.36. The van der Waals surface area contributed by atoms with E-state index >= 15 is 0 Å². The third-order valence-electron chi connectivity index (χ3n) is 3.28. The summed E-state index contributed by atoms with van der Waals surface area (Å²) in [7, 11) is 0. The van der Waals surface area contributed by atoms with Crippen molar-refractivity contribution in [1.29, 1.82) is 0 Å². The molecule has 21 heavy (non-hydrogen) atoms. The maximum absolute atomic E-state index is 6.00. The molecule has 0 fully saturated rings. The number of nitrogen functional groups attached to an aromatic ring is 1. The first-order valence-electron chi connectivity index (χ1n) is 7.15. The van der Waals surface area contributed by atoms with Gasteiger partial charge in [0.05, 0.1) is 0 Å². The zero-order valence-electron chi connectivity index (χ0n) is 13.1. The predicted octanol–water partition coefficient (Wildman–Crippen LogP) is 2.71. The fourth-order valence-corrected chi connectivity index (χ4v) is 1.91. The van der Waals surface area contributed by atoms with Crippen LogP contribution in [0.4, 0.5) is 11.6 Å². The van der Waals surface area contributed by atoms with Crippen LogP contribution < -0.4 is 11.1 Å². The molecule has 0 aliphatic rings. The van der Waals surface area contributed by atoms with Crippen molar-refractivity contribution >= 4 is 11.6 Å². The van der Waals surface area contributed by atoms with E-state index in [1.165, 1.54) is 5.56 Å². The minimum absolute atomic E-state index is 0.123. The maximum Gasteiger partial charge on any atom is 0.138 e. The molecule has 2 rings (SSSR count). The summed E-state index contributed by atoms with van der Waals surface area (Å²) in [5.74, 6) is 2.12. The first kappa shape index (κ1) is 15.2. The van der Waals surface area contributed by atoms with Crippen molar-refractivity contribution in [3.05, 3.63) is 41.5 Å². The molecule has 112 valence electrons. The van der Waals surface area contributed by atoms with Gasteiger partial charge < -0.3 is 11.1 Å². The van der Waals surface area contributed by atoms with E-state index in [-0.39, 0.29) is 5.41 Å². The quantitative estimate of drug-likeness (QED) is 0.903. The molecule has 0 aromatic carbocycles. The molecule has 0 unspecified atom stereocenters. The number of pyridine rings is 1. The summed E-state index contributed by atoms with van der Waals surface area (Å²) >= 11 is 0. The Kier molecular flexibility index (Phi) is 4.40. The highest BCUT2D eigenvalue weighted by atomic mass is 15.1. The van der Waals surface area contributed by atoms with E-state index in [9.17, 15) is 0 Å². The zero-order chi connectivity index (χ0) is 15.5. The first-order valence-corrected chi connectivity index (χ1v) is 7.15. The van der Waals surface area contributed by atoms with Gasteiger partial charge in [-0.05, 0) is 25.0 Å². The van der Waals surface area contributed by atoms with Gasteiger partial charge in [0.1, 0.15) is 17.5 Å². The molecule has 0 bridgehead atoms. The summed E-state index contributed by atoms with van der Waals surface area (Å²) in [6.07, 6.45) is 4.55. The predicted molar refractivity (Wildman–Crippen MR) is 86.3 cm³/mol. The second-order valence-corrected chi connectivity index (χ2v) is 6.19. The van der Waals surface area contributed by atoms with Crippen molar-refractivity contribution in [2.24, 2.45) is 0 Å². The van der Waals surface area contributed by atoms with Crippen molar-refractivity contribution in [2.45, 2.75) is 39.5 Å². The molecule has 0 aliphatic heterocycles. The molecule has 0 amide bonds. The van der Waals surface area contributed by atoms with Crippen LogP contribution in [0.15, 0.2) is 24.5 Å². The maximum atomic E-state index is 6.00. The molecule has 0 saturated carbocycles. The lowest BCUT2D eigenvalue weighted by molar-refractivity contribution is 0.546. The smallest absolute Gasteiger partial charge is 0.138 e. The van der Waals surface area contributed by atoms with Crippen LogP contribution in [0.3, 0.4) is 0 Å². The monoisotopic (exact) mass is 285 g/mol. The lowest BCUT2D eigenvalue weighted by Crippen LogP contribution is -2.20. The molecule has 2 aromatic heterocycles. The zero-order valence-corrected chi connectivity index (χ0v) is 13.1. The Morgan fingerprint density at radius 2 is 2.00 bits per heavy atom. The van der Waals surface area contributed by atoms with Crippen LogP contribution in [0.25, 0.3) is 0 Å². The molecule has 0 saturated heterocycles. The summed E-state index contributed by atoms with van der Waals surface area (Å²) in [6, 6.07) is 4.01. The van der Waals surface area contributed by atoms with Crippen LogP contribution in [-0.2, 0) is 11.8 Å². The van der Waals surface area contributed by atoms with Crippen LogP contribution in [0.5, 0.6) is 0 Å². The van der Waals surface area contributed by atoms with Crippen LogP contribution in [0, 0.1) is 6.92 Å². The van der Waals surface area contributed by atoms with Gasteiger partial charge in [-0.3, -0.25) is 4.98 Å². The van der Waals surface area contributed by atoms with Crippen LogP contribution in [0.2, 0.25) is 0 Å². The Morgan fingerprint density at radius 1 is 1.24 bits per heavy atom. The Labute approximate surface area is 126 Å². The molecule has 3 N–H and O–H groups in total. The lowest BCUT2D eigenvalue weighted by atomic mass is 9.95. The van der Waals surface area contributed by atoms with Gasteiger partial charge in [0.2, 0.25) is 0 Å². The molecule has 5 heteroatoms. The Bertz CT molecular complexity index is 602. The van der Waals surface area contributed by atoms with Crippen LogP contribution in [0.1, 0.15) is 37.7 Å². The largest absolute Gasteiger partial charge is 0.383 e. The number of hydrogen-bond acceptors (Lipinski definition) is 5. The van der Waals surface area contributed by atoms with Gasteiger partial charge >= 0.3 is 0 Å². The molecule has 0 radical (unpaired) electrons. The van der Waals surface area contributed by atoms with E-state index in [1.54, 1.807) is 6.20 Å². The van der Waals surface area contributed by atoms with Gasteiger partial charge in [-0.1, -0.05) is 26.8 Å². The number of hydrogen-bond donors (Lipinski definition) is 2. The van der Waals surface area contributed by atoms with Crippen molar-refractivity contribution in [3.63, 3.8) is 0 Å². The summed E-state index contributed by atoms with van der Waals surface area (Å²) in [5.41, 5.74) is 7.97. The fraction of sp³-hybridized carbons (Fsp3) is 0.438. The topological polar surface area (TPSA) is 76.7 Å². The van der Waals surface area contributed by atoms with Gasteiger partial charge in [-0.2, -0.15) is 0 Å². The van der Waals surface area contributed by atoms with Gasteiger partial charge in [0, 0.05) is 29.9 Å². The number of nitrogens with zero attached hydrogens (tertiary/aromatic N) is 3. The second kappa shape index (κ2) is 6.08. The van der Waals surface area contributed by atoms with E-state index in [2.05, 4.69) is 47.1 Å². The molecule has 0 spiro atoms. The first-order chi connectivity index (χ1) is 9.88. The van der Waals surface area contributed by atoms with Crippen LogP contribution >= 0.6 is 0 Å². The standard InChI is InChI=1S/C16H23N5/c1-11-13(17)20-15(16(2,3)4)21-14(11)19-9-7-12-6-5-8-18-10-12/h5-6,8,10H,7,9H2,1-4H3,(H3,17,19,20,21). The summed E-state index contributed by atoms with van der Waals surface area (Å²) < 4.78 is 0. The van der Waals surface area contributed by atoms with Crippen molar-refractivity contribution in [2.75, 3.05) is 17.6 Å². The molecule has 0 atom stereocenters. The molecule has 2 heterocycles. The minimum Gasteiger partial charge on any atom is -0.383 e. The second-order valence-electron chi connectivity index (χ2n) is 6.19. The van der Waals surface area contributed by atoms with E-state index in [0.29, 0.717) is 5.82 Å². The Morgan fingerprint density at radius 3 is 2.62 bits per heavy atom. The van der Waals surface area contributed by atoms with Crippen molar-refractivity contribution in [1.82, 2.24) is 15.0 Å². The molecular formula is C16H23N5. The number of nitrogens with one attached hydrogen (secondary N) is 1. The summed E-state index contributed by atoms with van der Waals surface area (Å²) in [6.45, 7) is 8.96. The van der Waals surface area contributed by atoms with E-state index < -0.39 is 0 Å². The highest BCUT2D eigenvalue weighted by Crippen LogP contribution is 2.24. The number of anilines is 2. The van der Waals surface area contributed by atoms with E-state index in [0.717, 1.165) is 30.2 Å². The van der Waals surface area contributed by atoms with Gasteiger partial charge in [-0.25, -0.2) is 9.97 Å². The third kappa shape index (κ3) is 3.90. The van der Waals surface area contributed by atoms with Gasteiger partial charge in [0.15, 0.2) is 0 Å². The summed E-state index contributed by atoms with van der Waals surface area (Å²) in [4.78, 5) is 13.1. The molecule has 0 aliphatic carbocycles. The Balaban J connectivity index is 2.11. The lowest BCUT2D eigenvalue weighted by Gasteiger charge is -2.19. The minimum atomic E-state index is -0.123. The SMILES string of the molecule is Cc1c(N)nc(C(C)(C)C)nc1NCCc1cccnc1. The normalized spacial score (nSPS) is 11.4. The number of aromatic nitrogens is 3. The molecule has 2 aromatic rings. The highest BCUT2D eigenvalue weighted by Gasteiger charge is 2.20. The highest BCUT2D eigenvalue weighted by molar-refractivity contribution is 5.55. The van der Waals surface area contributed by atoms with Crippen molar-refractivity contribution in [3.8, 4) is 0 Å². The third-order valence-corrected chi connectivity index (χ3v) is 3.28. The van der Waals surface area contributed by atoms with E-state index in [4.69, 9.17) is 5.73 Å². The fourth-order valence-electron chi connectivity index (χ4n) is 1.91. The average Bonchev–Trinajstić information content (AvgIpc) is 2.43. The molecule has 5 nitrogen and oxygen atoms in total. The van der Waals surface area contributed by atoms with Gasteiger partial charge in [-0.15, -0.1) is 0 Å².